The van der Waals surface area contributed by atoms with Crippen LogP contribution in [0.5, 0.6) is 0 Å². The van der Waals surface area contributed by atoms with E-state index in [-0.39, 0.29) is 17.2 Å². The van der Waals surface area contributed by atoms with Crippen molar-refractivity contribution < 1.29 is 9.59 Å². The molecule has 0 aliphatic rings. The highest BCUT2D eigenvalue weighted by molar-refractivity contribution is 5.81. The van der Waals surface area contributed by atoms with Crippen LogP contribution in [-0.2, 0) is 9.59 Å². The van der Waals surface area contributed by atoms with Gasteiger partial charge in [0, 0.05) is 32.0 Å². The van der Waals surface area contributed by atoms with Crippen LogP contribution >= 0.6 is 0 Å². The maximum atomic E-state index is 11.7. The fourth-order valence-corrected chi connectivity index (χ4v) is 1.41. The van der Waals surface area contributed by atoms with Gasteiger partial charge in [-0.3, -0.25) is 9.59 Å². The molecule has 1 N–H and O–H groups in total. The second-order valence-corrected chi connectivity index (χ2v) is 6.19. The van der Waals surface area contributed by atoms with Gasteiger partial charge in [-0.1, -0.05) is 34.6 Å². The van der Waals surface area contributed by atoms with Gasteiger partial charge < -0.3 is 10.2 Å². The first-order chi connectivity index (χ1) is 8.14. The Bertz CT molecular complexity index is 280. The first kappa shape index (κ1) is 16.9. The summed E-state index contributed by atoms with van der Waals surface area (Å²) in [6.45, 7) is 13.4. The van der Waals surface area contributed by atoms with E-state index in [1.165, 1.54) is 0 Å². The largest absolute Gasteiger partial charge is 0.354 e. The van der Waals surface area contributed by atoms with Crippen molar-refractivity contribution in [2.24, 2.45) is 11.3 Å². The molecule has 4 nitrogen and oxygen atoms in total. The van der Waals surface area contributed by atoms with Gasteiger partial charge in [0.15, 0.2) is 0 Å². The van der Waals surface area contributed by atoms with Crippen LogP contribution in [-0.4, -0.2) is 36.3 Å². The van der Waals surface area contributed by atoms with Crippen LogP contribution in [0.1, 0.15) is 48.0 Å². The third-order valence-corrected chi connectivity index (χ3v) is 2.77. The molecule has 0 aromatic carbocycles. The van der Waals surface area contributed by atoms with Gasteiger partial charge in [0.1, 0.15) is 0 Å². The lowest BCUT2D eigenvalue weighted by Gasteiger charge is -2.23. The molecule has 18 heavy (non-hydrogen) atoms. The van der Waals surface area contributed by atoms with Crippen LogP contribution < -0.4 is 5.32 Å². The Morgan fingerprint density at radius 3 is 2.11 bits per heavy atom. The van der Waals surface area contributed by atoms with Crippen molar-refractivity contribution in [3.63, 3.8) is 0 Å². The van der Waals surface area contributed by atoms with E-state index in [1.54, 1.807) is 11.8 Å². The molecule has 0 fully saturated rings. The van der Waals surface area contributed by atoms with E-state index in [1.807, 2.05) is 20.8 Å². The van der Waals surface area contributed by atoms with Crippen molar-refractivity contribution in [1.29, 1.82) is 0 Å². The molecule has 0 atom stereocenters. The topological polar surface area (TPSA) is 49.4 Å². The summed E-state index contributed by atoms with van der Waals surface area (Å²) in [6.07, 6.45) is 0.993. The van der Waals surface area contributed by atoms with Crippen LogP contribution in [0.25, 0.3) is 0 Å². The number of nitrogens with one attached hydrogen (secondary N) is 1. The minimum Gasteiger partial charge on any atom is -0.354 e. The summed E-state index contributed by atoms with van der Waals surface area (Å²) in [7, 11) is 0. The zero-order chi connectivity index (χ0) is 14.3. The van der Waals surface area contributed by atoms with Crippen molar-refractivity contribution in [3.05, 3.63) is 0 Å². The van der Waals surface area contributed by atoms with Crippen molar-refractivity contribution >= 4 is 11.8 Å². The highest BCUT2D eigenvalue weighted by Crippen LogP contribution is 2.12. The molecule has 0 rings (SSSR count). The van der Waals surface area contributed by atoms with Gasteiger partial charge in [0.05, 0.1) is 0 Å². The molecule has 2 amide bonds. The Balaban J connectivity index is 4.06. The molecule has 0 unspecified atom stereocenters. The van der Waals surface area contributed by atoms with Crippen molar-refractivity contribution in [1.82, 2.24) is 10.2 Å². The minimum atomic E-state index is -0.376. The molecule has 0 saturated carbocycles. The number of nitrogens with zero attached hydrogens (tertiary/aromatic N) is 1. The van der Waals surface area contributed by atoms with E-state index in [2.05, 4.69) is 19.2 Å². The highest BCUT2D eigenvalue weighted by Gasteiger charge is 2.20. The Kier molecular flexibility index (Phi) is 6.96. The zero-order valence-electron chi connectivity index (χ0n) is 12.7. The minimum absolute atomic E-state index is 0.0230. The molecule has 0 aliphatic heterocycles. The molecule has 4 heteroatoms. The summed E-state index contributed by atoms with van der Waals surface area (Å²) in [5.74, 6) is 0.673. The first-order valence-corrected chi connectivity index (χ1v) is 6.68. The van der Waals surface area contributed by atoms with E-state index in [0.717, 1.165) is 13.0 Å². The summed E-state index contributed by atoms with van der Waals surface area (Å²) in [5.41, 5.74) is -0.376. The predicted octanol–water partition coefficient (Wildman–Crippen LogP) is 2.04. The maximum absolute atomic E-state index is 11.7. The maximum Gasteiger partial charge on any atom is 0.225 e. The first-order valence-electron chi connectivity index (χ1n) is 6.68. The van der Waals surface area contributed by atoms with Crippen LogP contribution in [0.4, 0.5) is 0 Å². The van der Waals surface area contributed by atoms with E-state index < -0.39 is 0 Å². The second-order valence-electron chi connectivity index (χ2n) is 6.19. The van der Waals surface area contributed by atoms with Gasteiger partial charge in [-0.15, -0.1) is 0 Å². The molecule has 0 saturated heterocycles. The quantitative estimate of drug-likeness (QED) is 0.790. The predicted molar refractivity (Wildman–Crippen MR) is 74.2 cm³/mol. The van der Waals surface area contributed by atoms with Gasteiger partial charge in [0.25, 0.3) is 0 Å². The molecule has 0 aromatic heterocycles. The summed E-state index contributed by atoms with van der Waals surface area (Å²) < 4.78 is 0. The average Bonchev–Trinajstić information content (AvgIpc) is 2.20. The Morgan fingerprint density at radius 1 is 1.17 bits per heavy atom. The molecule has 0 heterocycles. The van der Waals surface area contributed by atoms with Gasteiger partial charge in [-0.05, 0) is 12.3 Å². The Hall–Kier alpha value is -1.06. The van der Waals surface area contributed by atoms with E-state index in [0.29, 0.717) is 19.0 Å². The Labute approximate surface area is 111 Å². The average molecular weight is 256 g/mol. The van der Waals surface area contributed by atoms with Gasteiger partial charge in [-0.2, -0.15) is 0 Å². The van der Waals surface area contributed by atoms with Crippen LogP contribution in [0.15, 0.2) is 0 Å². The summed E-state index contributed by atoms with van der Waals surface area (Å²) in [4.78, 5) is 24.9. The van der Waals surface area contributed by atoms with Crippen LogP contribution in [0, 0.1) is 11.3 Å². The van der Waals surface area contributed by atoms with Gasteiger partial charge >= 0.3 is 0 Å². The van der Waals surface area contributed by atoms with Crippen molar-refractivity contribution in [2.45, 2.75) is 48.0 Å². The fourth-order valence-electron chi connectivity index (χ4n) is 1.41. The number of carbonyl (C=O) groups excluding carboxylic acids is 2. The number of carbonyl (C=O) groups is 2. The lowest BCUT2D eigenvalue weighted by Crippen LogP contribution is -2.41. The van der Waals surface area contributed by atoms with E-state index >= 15 is 0 Å². The lowest BCUT2D eigenvalue weighted by atomic mass is 9.96. The van der Waals surface area contributed by atoms with Crippen LogP contribution in [0.2, 0.25) is 0 Å². The summed E-state index contributed by atoms with van der Waals surface area (Å²) >= 11 is 0. The Morgan fingerprint density at radius 2 is 1.72 bits per heavy atom. The molecule has 0 aliphatic carbocycles. The third kappa shape index (κ3) is 7.30. The van der Waals surface area contributed by atoms with E-state index in [4.69, 9.17) is 0 Å². The monoisotopic (exact) mass is 256 g/mol. The smallest absolute Gasteiger partial charge is 0.225 e. The second kappa shape index (κ2) is 7.39. The number of hydrogen-bond donors (Lipinski definition) is 1. The molecule has 0 bridgehead atoms. The van der Waals surface area contributed by atoms with Crippen molar-refractivity contribution in [2.75, 3.05) is 19.6 Å². The molecular formula is C14H28N2O2. The molecule has 0 radical (unpaired) electrons. The fraction of sp³-hybridized carbons (Fsp3) is 0.857. The van der Waals surface area contributed by atoms with Crippen molar-refractivity contribution in [3.8, 4) is 0 Å². The van der Waals surface area contributed by atoms with E-state index in [9.17, 15) is 9.59 Å². The number of amides is 2. The standard InChI is InChI=1S/C14H28N2O2/c1-11(2)7-9-16(12(3)17)10-8-15-13(18)14(4,5)6/h11H,7-10H2,1-6H3,(H,15,18). The summed E-state index contributed by atoms with van der Waals surface area (Å²) in [6, 6.07) is 0. The molecular weight excluding hydrogens is 228 g/mol. The highest BCUT2D eigenvalue weighted by atomic mass is 16.2. The normalized spacial score (nSPS) is 11.5. The number of rotatable bonds is 6. The molecule has 0 aromatic rings. The van der Waals surface area contributed by atoms with Gasteiger partial charge in [-0.25, -0.2) is 0 Å². The zero-order valence-corrected chi connectivity index (χ0v) is 12.7. The lowest BCUT2D eigenvalue weighted by molar-refractivity contribution is -0.131. The number of hydrogen-bond acceptors (Lipinski definition) is 2. The summed E-state index contributed by atoms with van der Waals surface area (Å²) in [5, 5.41) is 2.86. The molecule has 106 valence electrons. The van der Waals surface area contributed by atoms with Gasteiger partial charge in [0.2, 0.25) is 11.8 Å². The third-order valence-electron chi connectivity index (χ3n) is 2.77. The molecule has 0 spiro atoms. The van der Waals surface area contributed by atoms with Crippen LogP contribution in [0.3, 0.4) is 0 Å². The SMILES string of the molecule is CC(=O)N(CCNC(=O)C(C)(C)C)CCC(C)C.